The summed E-state index contributed by atoms with van der Waals surface area (Å²) in [7, 11) is 0. The van der Waals surface area contributed by atoms with Crippen molar-refractivity contribution in [1.82, 2.24) is 4.90 Å². The maximum atomic E-state index is 5.72. The molecule has 102 valence electrons. The molecule has 1 unspecified atom stereocenters. The quantitative estimate of drug-likeness (QED) is 0.920. The number of hydrogen-bond donors (Lipinski definition) is 1. The lowest BCUT2D eigenvalue weighted by Gasteiger charge is -2.19. The fourth-order valence-corrected chi connectivity index (χ4v) is 4.28. The normalized spacial score (nSPS) is 22.1. The van der Waals surface area contributed by atoms with Gasteiger partial charge in [-0.2, -0.15) is 11.8 Å². The van der Waals surface area contributed by atoms with Gasteiger partial charge in [0.25, 0.3) is 0 Å². The van der Waals surface area contributed by atoms with Gasteiger partial charge in [-0.3, -0.25) is 4.90 Å². The van der Waals surface area contributed by atoms with E-state index in [0.717, 1.165) is 11.8 Å². The van der Waals surface area contributed by atoms with Crippen LogP contribution in [0.25, 0.3) is 0 Å². The van der Waals surface area contributed by atoms with Gasteiger partial charge in [0.05, 0.1) is 0 Å². The number of hydrogen-bond acceptors (Lipinski definition) is 4. The van der Waals surface area contributed by atoms with Crippen molar-refractivity contribution in [2.45, 2.75) is 44.5 Å². The van der Waals surface area contributed by atoms with Gasteiger partial charge in [-0.25, -0.2) is 0 Å². The Labute approximate surface area is 119 Å². The van der Waals surface area contributed by atoms with Gasteiger partial charge in [-0.15, -0.1) is 11.3 Å². The zero-order valence-corrected chi connectivity index (χ0v) is 13.1. The molecule has 0 aliphatic carbocycles. The average molecular weight is 284 g/mol. The molecule has 0 amide bonds. The van der Waals surface area contributed by atoms with E-state index >= 15 is 0 Å². The van der Waals surface area contributed by atoms with E-state index in [-0.39, 0.29) is 0 Å². The van der Waals surface area contributed by atoms with Crippen LogP contribution in [-0.4, -0.2) is 29.5 Å². The minimum atomic E-state index is 0.681. The van der Waals surface area contributed by atoms with Crippen LogP contribution in [0.15, 0.2) is 6.07 Å². The van der Waals surface area contributed by atoms with Gasteiger partial charge in [-0.1, -0.05) is 0 Å². The second-order valence-corrected chi connectivity index (χ2v) is 7.54. The van der Waals surface area contributed by atoms with Gasteiger partial charge in [0.1, 0.15) is 0 Å². The van der Waals surface area contributed by atoms with Crippen molar-refractivity contribution in [3.8, 4) is 0 Å². The number of likely N-dealkylation sites (tertiary alicyclic amines) is 1. The maximum absolute atomic E-state index is 5.72. The second-order valence-electron chi connectivity index (χ2n) is 5.06. The van der Waals surface area contributed by atoms with Crippen molar-refractivity contribution in [2.24, 2.45) is 5.73 Å². The highest BCUT2D eigenvalue weighted by molar-refractivity contribution is 7.99. The monoisotopic (exact) mass is 284 g/mol. The summed E-state index contributed by atoms with van der Waals surface area (Å²) in [4.78, 5) is 5.38. The smallest absolute Gasteiger partial charge is 0.0274 e. The van der Waals surface area contributed by atoms with Crippen LogP contribution in [-0.2, 0) is 13.1 Å². The van der Waals surface area contributed by atoms with Crippen molar-refractivity contribution in [1.29, 1.82) is 0 Å². The summed E-state index contributed by atoms with van der Waals surface area (Å²) in [6.45, 7) is 6.52. The van der Waals surface area contributed by atoms with E-state index in [9.17, 15) is 0 Å². The first-order valence-electron chi connectivity index (χ1n) is 6.76. The summed E-state index contributed by atoms with van der Waals surface area (Å²) >= 11 is 3.89. The highest BCUT2D eigenvalue weighted by Gasteiger charge is 2.17. The fraction of sp³-hybridized carbons (Fsp3) is 0.714. The van der Waals surface area contributed by atoms with Crippen LogP contribution in [0.5, 0.6) is 0 Å². The molecular weight excluding hydrogens is 260 g/mol. The lowest BCUT2D eigenvalue weighted by Crippen LogP contribution is -2.24. The first-order valence-corrected chi connectivity index (χ1v) is 8.86. The molecule has 0 saturated carbocycles. The summed E-state index contributed by atoms with van der Waals surface area (Å²) in [5.41, 5.74) is 7.21. The molecule has 0 aromatic carbocycles. The molecule has 2 heterocycles. The van der Waals surface area contributed by atoms with Crippen molar-refractivity contribution in [3.63, 3.8) is 0 Å². The number of nitrogens with two attached hydrogens (primary N) is 1. The molecule has 2 N–H and O–H groups in total. The maximum Gasteiger partial charge on any atom is 0.0274 e. The van der Waals surface area contributed by atoms with Crippen LogP contribution < -0.4 is 5.73 Å². The van der Waals surface area contributed by atoms with Crippen molar-refractivity contribution in [2.75, 3.05) is 19.3 Å². The summed E-state index contributed by atoms with van der Waals surface area (Å²) in [5, 5.41) is 0.873. The third-order valence-corrected chi connectivity index (χ3v) is 6.02. The third kappa shape index (κ3) is 3.73. The number of aryl methyl sites for hydroxylation is 1. The minimum Gasteiger partial charge on any atom is -0.326 e. The molecule has 18 heavy (non-hydrogen) atoms. The van der Waals surface area contributed by atoms with E-state index in [1.165, 1.54) is 47.7 Å². The number of rotatable bonds is 4. The van der Waals surface area contributed by atoms with E-state index in [1.54, 1.807) is 0 Å². The lowest BCUT2D eigenvalue weighted by atomic mass is 10.2. The van der Waals surface area contributed by atoms with E-state index < -0.39 is 0 Å². The Hall–Kier alpha value is -0.0300. The molecule has 0 radical (unpaired) electrons. The molecule has 0 spiro atoms. The fourth-order valence-electron chi connectivity index (χ4n) is 2.61. The second kappa shape index (κ2) is 6.94. The molecule has 1 saturated heterocycles. The molecule has 4 heteroatoms. The Morgan fingerprint density at radius 3 is 2.94 bits per heavy atom. The molecule has 2 nitrogen and oxygen atoms in total. The molecule has 1 aromatic heterocycles. The van der Waals surface area contributed by atoms with Crippen molar-refractivity contribution < 1.29 is 0 Å². The van der Waals surface area contributed by atoms with Gasteiger partial charge >= 0.3 is 0 Å². The summed E-state index contributed by atoms with van der Waals surface area (Å²) in [6, 6.07) is 2.30. The number of thiophene rings is 1. The molecule has 1 aliphatic heterocycles. The molecule has 1 fully saturated rings. The highest BCUT2D eigenvalue weighted by Crippen LogP contribution is 2.25. The number of nitrogens with zero attached hydrogens (tertiary/aromatic N) is 1. The van der Waals surface area contributed by atoms with E-state index in [2.05, 4.69) is 24.1 Å². The molecule has 2 rings (SSSR count). The van der Waals surface area contributed by atoms with Crippen LogP contribution in [0.4, 0.5) is 0 Å². The van der Waals surface area contributed by atoms with E-state index in [0.29, 0.717) is 6.54 Å². The minimum absolute atomic E-state index is 0.681. The SMILES string of the molecule is CSC1CCCN(Cc2cc(CN)sc2C)CC1. The Morgan fingerprint density at radius 2 is 2.28 bits per heavy atom. The van der Waals surface area contributed by atoms with Crippen LogP contribution in [0.2, 0.25) is 0 Å². The summed E-state index contributed by atoms with van der Waals surface area (Å²) in [5.74, 6) is 0. The predicted molar refractivity (Wildman–Crippen MR) is 83.4 cm³/mol. The number of thioether (sulfide) groups is 1. The summed E-state index contributed by atoms with van der Waals surface area (Å²) < 4.78 is 0. The van der Waals surface area contributed by atoms with Gasteiger partial charge in [-0.05, 0) is 57.2 Å². The topological polar surface area (TPSA) is 29.3 Å². The zero-order chi connectivity index (χ0) is 13.0. The first kappa shape index (κ1) is 14.4. The van der Waals surface area contributed by atoms with Crippen molar-refractivity contribution >= 4 is 23.1 Å². The Bertz CT molecular complexity index is 376. The van der Waals surface area contributed by atoms with Gasteiger partial charge in [0.15, 0.2) is 0 Å². The van der Waals surface area contributed by atoms with Crippen LogP contribution in [0, 0.1) is 6.92 Å². The Kier molecular flexibility index (Phi) is 5.55. The molecular formula is C14H24N2S2. The van der Waals surface area contributed by atoms with Crippen LogP contribution >= 0.6 is 23.1 Å². The van der Waals surface area contributed by atoms with E-state index in [1.807, 2.05) is 23.1 Å². The first-order chi connectivity index (χ1) is 8.72. The predicted octanol–water partition coefficient (Wildman–Crippen LogP) is 3.23. The summed E-state index contributed by atoms with van der Waals surface area (Å²) in [6.07, 6.45) is 6.32. The van der Waals surface area contributed by atoms with Crippen molar-refractivity contribution in [3.05, 3.63) is 21.4 Å². The van der Waals surface area contributed by atoms with E-state index in [4.69, 9.17) is 5.73 Å². The van der Waals surface area contributed by atoms with Crippen LogP contribution in [0.3, 0.4) is 0 Å². The lowest BCUT2D eigenvalue weighted by molar-refractivity contribution is 0.277. The molecule has 1 aliphatic rings. The highest BCUT2D eigenvalue weighted by atomic mass is 32.2. The Balaban J connectivity index is 1.94. The molecule has 0 bridgehead atoms. The molecule has 1 atom stereocenters. The Morgan fingerprint density at radius 1 is 1.44 bits per heavy atom. The van der Waals surface area contributed by atoms with Crippen LogP contribution in [0.1, 0.15) is 34.6 Å². The van der Waals surface area contributed by atoms with Gasteiger partial charge < -0.3 is 5.73 Å². The van der Waals surface area contributed by atoms with Gasteiger partial charge in [0.2, 0.25) is 0 Å². The third-order valence-electron chi connectivity index (χ3n) is 3.77. The average Bonchev–Trinajstić information content (AvgIpc) is 2.60. The molecule has 1 aromatic rings. The van der Waals surface area contributed by atoms with Gasteiger partial charge in [0, 0.05) is 28.1 Å². The zero-order valence-electron chi connectivity index (χ0n) is 11.4. The largest absolute Gasteiger partial charge is 0.326 e. The standard InChI is InChI=1S/C14H24N2S2/c1-11-12(8-14(9-15)18-11)10-16-6-3-4-13(17-2)5-7-16/h8,13H,3-7,9-10,15H2,1-2H3.